The topological polar surface area (TPSA) is 102 Å². The average Bonchev–Trinajstić information content (AvgIpc) is 2.77. The van der Waals surface area contributed by atoms with Crippen LogP contribution in [0.5, 0.6) is 0 Å². The van der Waals surface area contributed by atoms with Gasteiger partial charge in [-0.1, -0.05) is 29.3 Å². The van der Waals surface area contributed by atoms with E-state index in [4.69, 9.17) is 38.3 Å². The number of nitrogens with zero attached hydrogens (tertiary/aromatic N) is 2. The van der Waals surface area contributed by atoms with Crippen molar-refractivity contribution in [2.24, 2.45) is 4.99 Å². The molecule has 2 aromatic rings. The second-order valence-electron chi connectivity index (χ2n) is 6.80. The fraction of sp³-hybridized carbons (Fsp3) is 0.273. The minimum absolute atomic E-state index is 0. The lowest BCUT2D eigenvalue weighted by atomic mass is 10.0. The Labute approximate surface area is 203 Å². The summed E-state index contributed by atoms with van der Waals surface area (Å²) in [4.78, 5) is 4.67. The van der Waals surface area contributed by atoms with Crippen molar-refractivity contribution in [3.05, 3.63) is 75.5 Å². The molecule has 0 radical (unpaired) electrons. The molecular weight excluding hydrogens is 473 g/mol. The van der Waals surface area contributed by atoms with E-state index >= 15 is 0 Å². The lowest BCUT2D eigenvalue weighted by Gasteiger charge is -2.37. The average molecular weight is 497 g/mol. The van der Waals surface area contributed by atoms with Crippen molar-refractivity contribution in [3.63, 3.8) is 0 Å². The maximum absolute atomic E-state index is 9.05. The Morgan fingerprint density at radius 1 is 1.12 bits per heavy atom. The molecular formula is C22H24Cl3N5O2. The quantitative estimate of drug-likeness (QED) is 0.374. The summed E-state index contributed by atoms with van der Waals surface area (Å²) in [6, 6.07) is 14.6. The van der Waals surface area contributed by atoms with Crippen LogP contribution < -0.4 is 16.0 Å². The molecule has 1 aliphatic heterocycles. The van der Waals surface area contributed by atoms with Gasteiger partial charge in [0.05, 0.1) is 31.5 Å². The van der Waals surface area contributed by atoms with Crippen LogP contribution in [0.1, 0.15) is 11.1 Å². The lowest BCUT2D eigenvalue weighted by molar-refractivity contribution is 0.0946. The van der Waals surface area contributed by atoms with Crippen LogP contribution in [-0.2, 0) is 11.2 Å². The monoisotopic (exact) mass is 495 g/mol. The third-order valence-electron chi connectivity index (χ3n) is 4.53. The number of ether oxygens (including phenoxy) is 1. The number of aliphatic hydroxyl groups excluding tert-OH is 1. The molecule has 1 aliphatic rings. The van der Waals surface area contributed by atoms with Crippen LogP contribution in [-0.4, -0.2) is 43.5 Å². The third kappa shape index (κ3) is 7.02. The van der Waals surface area contributed by atoms with Crippen LogP contribution >= 0.6 is 35.6 Å². The molecule has 1 atom stereocenters. The Morgan fingerprint density at radius 3 is 2.50 bits per heavy atom. The van der Waals surface area contributed by atoms with Gasteiger partial charge in [-0.3, -0.25) is 0 Å². The highest BCUT2D eigenvalue weighted by molar-refractivity contribution is 6.36. The van der Waals surface area contributed by atoms with Crippen molar-refractivity contribution in [3.8, 4) is 6.07 Å². The summed E-state index contributed by atoms with van der Waals surface area (Å²) in [5.74, 6) is -0.224. The number of benzene rings is 2. The number of aliphatic hydroxyl groups is 1. The first-order chi connectivity index (χ1) is 15.0. The summed E-state index contributed by atoms with van der Waals surface area (Å²) in [6.07, 6.45) is 3.88. The predicted molar refractivity (Wildman–Crippen MR) is 131 cm³/mol. The normalized spacial score (nSPS) is 16.9. The summed E-state index contributed by atoms with van der Waals surface area (Å²) in [5, 5.41) is 29.0. The first kappa shape index (κ1) is 25.8. The highest BCUT2D eigenvalue weighted by Crippen LogP contribution is 2.30. The maximum atomic E-state index is 9.05. The molecule has 1 heterocycles. The number of nitriles is 1. The van der Waals surface area contributed by atoms with Gasteiger partial charge in [0.15, 0.2) is 0 Å². The molecule has 0 saturated carbocycles. The molecule has 0 saturated heterocycles. The number of anilines is 1. The molecule has 0 aliphatic carbocycles. The van der Waals surface area contributed by atoms with Gasteiger partial charge in [0, 0.05) is 34.9 Å². The minimum atomic E-state index is -0.966. The van der Waals surface area contributed by atoms with E-state index in [1.807, 2.05) is 18.2 Å². The Kier molecular flexibility index (Phi) is 10.1. The largest absolute Gasteiger partial charge is 0.394 e. The second kappa shape index (κ2) is 12.5. The van der Waals surface area contributed by atoms with Crippen molar-refractivity contribution in [1.29, 1.82) is 5.26 Å². The SMILES string of the molecule is Cl.N#Cc1ccc(NC2(Cc3c(Cl)cccc3Cl)N=CC=C(NCCOCCO)N2)cc1. The molecule has 0 spiro atoms. The van der Waals surface area contributed by atoms with E-state index in [0.29, 0.717) is 41.8 Å². The molecule has 0 fully saturated rings. The van der Waals surface area contributed by atoms with E-state index < -0.39 is 5.79 Å². The first-order valence-electron chi connectivity index (χ1n) is 9.73. The number of hydrogen-bond donors (Lipinski definition) is 4. The smallest absolute Gasteiger partial charge is 0.210 e. The Balaban J connectivity index is 0.00000363. The van der Waals surface area contributed by atoms with Gasteiger partial charge in [0.25, 0.3) is 0 Å². The van der Waals surface area contributed by atoms with Gasteiger partial charge >= 0.3 is 0 Å². The molecule has 2 aromatic carbocycles. The minimum Gasteiger partial charge on any atom is -0.394 e. The van der Waals surface area contributed by atoms with Crippen LogP contribution in [0.4, 0.5) is 5.69 Å². The van der Waals surface area contributed by atoms with Crippen molar-refractivity contribution < 1.29 is 9.84 Å². The number of aliphatic imine (C=N–C) groups is 1. The predicted octanol–water partition coefficient (Wildman–Crippen LogP) is 3.71. The Bertz CT molecular complexity index is 972. The van der Waals surface area contributed by atoms with Gasteiger partial charge in [0.2, 0.25) is 5.79 Å². The van der Waals surface area contributed by atoms with Crippen molar-refractivity contribution in [1.82, 2.24) is 10.6 Å². The van der Waals surface area contributed by atoms with Crippen LogP contribution in [0.25, 0.3) is 0 Å². The zero-order valence-corrected chi connectivity index (χ0v) is 19.5. The van der Waals surface area contributed by atoms with Gasteiger partial charge in [0.1, 0.15) is 5.82 Å². The summed E-state index contributed by atoms with van der Waals surface area (Å²) in [6.45, 7) is 1.28. The number of nitrogens with one attached hydrogen (secondary N) is 3. The number of allylic oxidation sites excluding steroid dienone is 1. The standard InChI is InChI=1S/C22H23Cl2N5O2.ClH/c23-19-2-1-3-20(24)18(19)14-22(28-17-6-4-16(15-25)5-7-17)27-9-8-21(29-22)26-10-12-31-13-11-30;/h1-9,26,28-30H,10-14H2;1H. The number of halogens is 3. The van der Waals surface area contributed by atoms with E-state index in [2.05, 4.69) is 27.0 Å². The van der Waals surface area contributed by atoms with E-state index in [9.17, 15) is 0 Å². The number of rotatable bonds is 10. The third-order valence-corrected chi connectivity index (χ3v) is 5.24. The van der Waals surface area contributed by atoms with Gasteiger partial charge in [-0.2, -0.15) is 5.26 Å². The molecule has 10 heteroatoms. The Morgan fingerprint density at radius 2 is 1.84 bits per heavy atom. The highest BCUT2D eigenvalue weighted by Gasteiger charge is 2.33. The fourth-order valence-corrected chi connectivity index (χ4v) is 3.62. The maximum Gasteiger partial charge on any atom is 0.210 e. The van der Waals surface area contributed by atoms with Crippen molar-refractivity contribution in [2.45, 2.75) is 12.2 Å². The molecule has 0 amide bonds. The Hall–Kier alpha value is -2.47. The van der Waals surface area contributed by atoms with E-state index in [1.165, 1.54) is 0 Å². The van der Waals surface area contributed by atoms with Gasteiger partial charge < -0.3 is 25.8 Å². The first-order valence-corrected chi connectivity index (χ1v) is 10.5. The number of hydrogen-bond acceptors (Lipinski definition) is 7. The van der Waals surface area contributed by atoms with Gasteiger partial charge in [-0.25, -0.2) is 4.99 Å². The molecule has 3 rings (SSSR count). The highest BCUT2D eigenvalue weighted by atomic mass is 35.5. The van der Waals surface area contributed by atoms with Crippen LogP contribution in [0.2, 0.25) is 10.0 Å². The van der Waals surface area contributed by atoms with Crippen LogP contribution in [0, 0.1) is 11.3 Å². The summed E-state index contributed by atoms with van der Waals surface area (Å²) in [5.41, 5.74) is 2.10. The van der Waals surface area contributed by atoms with Crippen molar-refractivity contribution in [2.75, 3.05) is 31.7 Å². The molecule has 32 heavy (non-hydrogen) atoms. The van der Waals surface area contributed by atoms with Crippen LogP contribution in [0.15, 0.2) is 59.4 Å². The second-order valence-corrected chi connectivity index (χ2v) is 7.61. The van der Waals surface area contributed by atoms with Gasteiger partial charge in [-0.05, 0) is 48.0 Å². The fourth-order valence-electron chi connectivity index (χ4n) is 3.08. The summed E-state index contributed by atoms with van der Waals surface area (Å²) < 4.78 is 5.29. The summed E-state index contributed by atoms with van der Waals surface area (Å²) in [7, 11) is 0. The zero-order valence-electron chi connectivity index (χ0n) is 17.1. The van der Waals surface area contributed by atoms with E-state index in [0.717, 1.165) is 17.1 Å². The molecule has 0 bridgehead atoms. The van der Waals surface area contributed by atoms with Crippen molar-refractivity contribution >= 4 is 47.5 Å². The molecule has 170 valence electrons. The van der Waals surface area contributed by atoms with E-state index in [1.54, 1.807) is 36.5 Å². The lowest BCUT2D eigenvalue weighted by Crippen LogP contribution is -2.55. The van der Waals surface area contributed by atoms with E-state index in [-0.39, 0.29) is 19.0 Å². The summed E-state index contributed by atoms with van der Waals surface area (Å²) >= 11 is 12.9. The molecule has 0 aromatic heterocycles. The molecule has 7 nitrogen and oxygen atoms in total. The van der Waals surface area contributed by atoms with Crippen LogP contribution in [0.3, 0.4) is 0 Å². The van der Waals surface area contributed by atoms with Gasteiger partial charge in [-0.15, -0.1) is 12.4 Å². The zero-order chi connectivity index (χ0) is 22.1. The molecule has 1 unspecified atom stereocenters. The molecule has 4 N–H and O–H groups in total.